The summed E-state index contributed by atoms with van der Waals surface area (Å²) in [5, 5.41) is 12.0. The molecule has 1 rings (SSSR count). The molecular weight excluding hydrogens is 224 g/mol. The lowest BCUT2D eigenvalue weighted by atomic mass is 10.2. The Labute approximate surface area is 100 Å². The van der Waals surface area contributed by atoms with Gasteiger partial charge in [-0.15, -0.1) is 0 Å². The first kappa shape index (κ1) is 13.5. The van der Waals surface area contributed by atoms with Crippen LogP contribution in [0.3, 0.4) is 0 Å². The molecule has 17 heavy (non-hydrogen) atoms. The van der Waals surface area contributed by atoms with E-state index in [9.17, 15) is 9.59 Å². The lowest BCUT2D eigenvalue weighted by Gasteiger charge is -2.19. The molecule has 1 heterocycles. The highest BCUT2D eigenvalue weighted by molar-refractivity contribution is 5.82. The van der Waals surface area contributed by atoms with Crippen LogP contribution < -0.4 is 5.32 Å². The minimum absolute atomic E-state index is 0.00503. The summed E-state index contributed by atoms with van der Waals surface area (Å²) in [6.07, 6.45) is 1.01. The quantitative estimate of drug-likeness (QED) is 0.565. The van der Waals surface area contributed by atoms with E-state index in [2.05, 4.69) is 5.32 Å². The topological polar surface area (TPSA) is 78.9 Å². The number of amides is 1. The second-order valence-corrected chi connectivity index (χ2v) is 3.99. The number of carbonyl (C=O) groups is 2. The number of carbonyl (C=O) groups excluding carboxylic acids is 1. The number of likely N-dealkylation sites (tertiary alicyclic amines) is 1. The maximum atomic E-state index is 11.8. The molecule has 0 aromatic carbocycles. The van der Waals surface area contributed by atoms with Crippen molar-refractivity contribution in [2.24, 2.45) is 0 Å². The molecule has 2 N–H and O–H groups in total. The smallest absolute Gasteiger partial charge is 0.408 e. The third-order valence-corrected chi connectivity index (χ3v) is 2.90. The number of likely N-dealkylation sites (N-methyl/N-ethyl adjacent to an activating group) is 1. The van der Waals surface area contributed by atoms with Gasteiger partial charge < -0.3 is 15.2 Å². The summed E-state index contributed by atoms with van der Waals surface area (Å²) in [7, 11) is 1.75. The average Bonchev–Trinajstić information content (AvgIpc) is 2.72. The van der Waals surface area contributed by atoms with Crippen LogP contribution in [0.1, 0.15) is 20.3 Å². The predicted molar refractivity (Wildman–Crippen MR) is 61.5 cm³/mol. The van der Waals surface area contributed by atoms with Crippen LogP contribution in [-0.4, -0.2) is 47.7 Å². The predicted octanol–water partition coefficient (Wildman–Crippen LogP) is 0.794. The zero-order valence-electron chi connectivity index (χ0n) is 10.3. The zero-order valence-corrected chi connectivity index (χ0v) is 10.3. The van der Waals surface area contributed by atoms with Crippen LogP contribution in [0, 0.1) is 0 Å². The number of nitrogens with one attached hydrogen (secondary N) is 1. The van der Waals surface area contributed by atoms with Gasteiger partial charge in [0, 0.05) is 12.6 Å². The normalized spacial score (nSPS) is 24.9. The first-order chi connectivity index (χ1) is 7.99. The van der Waals surface area contributed by atoms with Crippen LogP contribution in [-0.2, 0) is 9.53 Å². The number of ether oxygens (including phenoxy) is 1. The Morgan fingerprint density at radius 1 is 1.53 bits per heavy atom. The number of esters is 1. The Morgan fingerprint density at radius 2 is 2.18 bits per heavy atom. The molecule has 0 aliphatic carbocycles. The van der Waals surface area contributed by atoms with E-state index in [-0.39, 0.29) is 6.04 Å². The van der Waals surface area contributed by atoms with Crippen LogP contribution in [0.15, 0.2) is 11.8 Å². The molecule has 1 aliphatic rings. The minimum atomic E-state index is -1.09. The highest BCUT2D eigenvalue weighted by atomic mass is 16.5. The standard InChI is InChI=1S/C11H18N2O4/c1-4-7(2)17-10(14)9-5-8(12-3)6-13(9)11(15)16/h4,8-9,12H,5-6H2,1-3H3,(H,15,16). The van der Waals surface area contributed by atoms with Crippen molar-refractivity contribution in [2.45, 2.75) is 32.4 Å². The molecule has 2 unspecified atom stereocenters. The van der Waals surface area contributed by atoms with Crippen LogP contribution >= 0.6 is 0 Å². The van der Waals surface area contributed by atoms with Gasteiger partial charge in [0.05, 0.1) is 0 Å². The third kappa shape index (κ3) is 3.20. The fourth-order valence-corrected chi connectivity index (χ4v) is 1.77. The van der Waals surface area contributed by atoms with Gasteiger partial charge in [0.25, 0.3) is 0 Å². The summed E-state index contributed by atoms with van der Waals surface area (Å²) in [6.45, 7) is 3.72. The molecular formula is C11H18N2O4. The fourth-order valence-electron chi connectivity index (χ4n) is 1.77. The Hall–Kier alpha value is -1.56. The van der Waals surface area contributed by atoms with Crippen LogP contribution in [0.5, 0.6) is 0 Å². The zero-order chi connectivity index (χ0) is 13.0. The van der Waals surface area contributed by atoms with Gasteiger partial charge in [0.15, 0.2) is 0 Å². The van der Waals surface area contributed by atoms with Gasteiger partial charge in [-0.1, -0.05) is 0 Å². The van der Waals surface area contributed by atoms with Crippen molar-refractivity contribution in [3.63, 3.8) is 0 Å². The van der Waals surface area contributed by atoms with Crippen molar-refractivity contribution >= 4 is 12.1 Å². The molecule has 96 valence electrons. The summed E-state index contributed by atoms with van der Waals surface area (Å²) >= 11 is 0. The number of nitrogens with zero attached hydrogens (tertiary/aromatic N) is 1. The second-order valence-electron chi connectivity index (χ2n) is 3.99. The lowest BCUT2D eigenvalue weighted by Crippen LogP contribution is -2.40. The van der Waals surface area contributed by atoms with Gasteiger partial charge in [-0.05, 0) is 33.4 Å². The van der Waals surface area contributed by atoms with Gasteiger partial charge in [-0.3, -0.25) is 4.90 Å². The Balaban J connectivity index is 2.73. The maximum absolute atomic E-state index is 11.8. The number of carboxylic acid groups (broad SMARTS) is 1. The van der Waals surface area contributed by atoms with E-state index < -0.39 is 18.1 Å². The fraction of sp³-hybridized carbons (Fsp3) is 0.636. The summed E-state index contributed by atoms with van der Waals surface area (Å²) in [6, 6.07) is -0.727. The summed E-state index contributed by atoms with van der Waals surface area (Å²) in [5.74, 6) is -0.0333. The van der Waals surface area contributed by atoms with Crippen LogP contribution in [0.2, 0.25) is 0 Å². The van der Waals surface area contributed by atoms with Crippen LogP contribution in [0.25, 0.3) is 0 Å². The molecule has 1 saturated heterocycles. The number of hydrogen-bond donors (Lipinski definition) is 2. The van der Waals surface area contributed by atoms with E-state index in [4.69, 9.17) is 9.84 Å². The van der Waals surface area contributed by atoms with E-state index in [0.29, 0.717) is 18.7 Å². The Morgan fingerprint density at radius 3 is 2.65 bits per heavy atom. The maximum Gasteiger partial charge on any atom is 0.408 e. The second kappa shape index (κ2) is 5.67. The molecule has 0 spiro atoms. The first-order valence-electron chi connectivity index (χ1n) is 5.51. The molecule has 0 aromatic heterocycles. The molecule has 6 heteroatoms. The van der Waals surface area contributed by atoms with Gasteiger partial charge in [-0.25, -0.2) is 9.59 Å². The van der Waals surface area contributed by atoms with Crippen LogP contribution in [0.4, 0.5) is 4.79 Å². The largest absolute Gasteiger partial charge is 0.465 e. The van der Waals surface area contributed by atoms with E-state index in [1.54, 1.807) is 27.0 Å². The van der Waals surface area contributed by atoms with Crippen molar-refractivity contribution in [1.82, 2.24) is 10.2 Å². The van der Waals surface area contributed by atoms with Crippen molar-refractivity contribution in [3.05, 3.63) is 11.8 Å². The van der Waals surface area contributed by atoms with E-state index in [1.165, 1.54) is 0 Å². The number of allylic oxidation sites excluding steroid dienone is 2. The molecule has 1 amide bonds. The number of rotatable bonds is 3. The average molecular weight is 242 g/mol. The van der Waals surface area contributed by atoms with Crippen molar-refractivity contribution < 1.29 is 19.4 Å². The Bertz CT molecular complexity index is 340. The van der Waals surface area contributed by atoms with Crippen molar-refractivity contribution in [2.75, 3.05) is 13.6 Å². The molecule has 0 saturated carbocycles. The summed E-state index contributed by atoms with van der Waals surface area (Å²) < 4.78 is 5.05. The molecule has 2 atom stereocenters. The first-order valence-corrected chi connectivity index (χ1v) is 5.51. The van der Waals surface area contributed by atoms with Gasteiger partial charge in [0.1, 0.15) is 11.8 Å². The molecule has 1 fully saturated rings. The van der Waals surface area contributed by atoms with E-state index in [0.717, 1.165) is 4.90 Å². The van der Waals surface area contributed by atoms with Gasteiger partial charge >= 0.3 is 12.1 Å². The Kier molecular flexibility index (Phi) is 4.51. The highest BCUT2D eigenvalue weighted by Crippen LogP contribution is 2.20. The molecule has 1 aliphatic heterocycles. The monoisotopic (exact) mass is 242 g/mol. The van der Waals surface area contributed by atoms with Crippen molar-refractivity contribution in [3.8, 4) is 0 Å². The minimum Gasteiger partial charge on any atom is -0.465 e. The van der Waals surface area contributed by atoms with E-state index in [1.807, 2.05) is 0 Å². The summed E-state index contributed by atoms with van der Waals surface area (Å²) in [4.78, 5) is 23.9. The van der Waals surface area contributed by atoms with Gasteiger partial charge in [0.2, 0.25) is 0 Å². The molecule has 6 nitrogen and oxygen atoms in total. The summed E-state index contributed by atoms with van der Waals surface area (Å²) in [5.41, 5.74) is 0. The molecule has 0 bridgehead atoms. The lowest BCUT2D eigenvalue weighted by molar-refractivity contribution is -0.144. The number of hydrogen-bond acceptors (Lipinski definition) is 4. The highest BCUT2D eigenvalue weighted by Gasteiger charge is 2.40. The van der Waals surface area contributed by atoms with Gasteiger partial charge in [-0.2, -0.15) is 0 Å². The molecule has 0 aromatic rings. The van der Waals surface area contributed by atoms with E-state index >= 15 is 0 Å². The SMILES string of the molecule is CC=C(C)OC(=O)C1CC(NC)CN1C(=O)O. The molecule has 0 radical (unpaired) electrons. The van der Waals surface area contributed by atoms with Crippen molar-refractivity contribution in [1.29, 1.82) is 0 Å². The third-order valence-electron chi connectivity index (χ3n) is 2.90.